The van der Waals surface area contributed by atoms with E-state index < -0.39 is 5.60 Å². The molecule has 0 radical (unpaired) electrons. The van der Waals surface area contributed by atoms with Gasteiger partial charge in [0, 0.05) is 19.0 Å². The zero-order valence-electron chi connectivity index (χ0n) is 16.4. The quantitative estimate of drug-likeness (QED) is 0.692. The molecule has 0 spiro atoms. The van der Waals surface area contributed by atoms with Crippen LogP contribution in [0.3, 0.4) is 0 Å². The topological polar surface area (TPSA) is 38.8 Å². The Morgan fingerprint density at radius 3 is 2.19 bits per heavy atom. The minimum atomic E-state index is -0.486. The molecule has 0 aliphatic carbocycles. The van der Waals surface area contributed by atoms with Crippen LogP contribution in [0.15, 0.2) is 60.7 Å². The highest BCUT2D eigenvalue weighted by molar-refractivity contribution is 5.78. The molecule has 1 aliphatic heterocycles. The van der Waals surface area contributed by atoms with Crippen LogP contribution in [-0.2, 0) is 27.4 Å². The summed E-state index contributed by atoms with van der Waals surface area (Å²) >= 11 is 0. The van der Waals surface area contributed by atoms with Gasteiger partial charge in [-0.15, -0.1) is 0 Å². The van der Waals surface area contributed by atoms with Gasteiger partial charge >= 0.3 is 5.97 Å². The Morgan fingerprint density at radius 1 is 1.00 bits per heavy atom. The molecule has 3 rings (SSSR count). The molecule has 0 saturated carbocycles. The number of hydrogen-bond acceptors (Lipinski definition) is 4. The van der Waals surface area contributed by atoms with Crippen molar-refractivity contribution in [3.05, 3.63) is 71.8 Å². The molecule has 4 heteroatoms. The third-order valence-electron chi connectivity index (χ3n) is 4.63. The Balaban J connectivity index is 1.59. The lowest BCUT2D eigenvalue weighted by Crippen LogP contribution is -2.62. The van der Waals surface area contributed by atoms with Gasteiger partial charge in [-0.1, -0.05) is 60.7 Å². The second-order valence-electron chi connectivity index (χ2n) is 8.15. The first-order valence-corrected chi connectivity index (χ1v) is 9.55. The van der Waals surface area contributed by atoms with Crippen molar-refractivity contribution in [1.82, 2.24) is 4.90 Å². The van der Waals surface area contributed by atoms with Crippen molar-refractivity contribution in [3.63, 3.8) is 0 Å². The third kappa shape index (κ3) is 5.65. The molecule has 2 aromatic rings. The molecule has 0 bridgehead atoms. The van der Waals surface area contributed by atoms with Crippen LogP contribution in [0.4, 0.5) is 0 Å². The number of hydrogen-bond donors (Lipinski definition) is 0. The van der Waals surface area contributed by atoms with E-state index in [-0.39, 0.29) is 17.9 Å². The maximum Gasteiger partial charge on any atom is 0.324 e. The van der Waals surface area contributed by atoms with Crippen LogP contribution >= 0.6 is 0 Å². The average Bonchev–Trinajstić information content (AvgIpc) is 2.60. The monoisotopic (exact) mass is 367 g/mol. The Bertz CT molecular complexity index is 722. The number of likely N-dealkylation sites (tertiary alicyclic amines) is 1. The zero-order valence-corrected chi connectivity index (χ0v) is 16.4. The summed E-state index contributed by atoms with van der Waals surface area (Å²) in [5.74, 6) is 0.00488. The van der Waals surface area contributed by atoms with Crippen LogP contribution < -0.4 is 0 Å². The standard InChI is InChI=1S/C23H29NO3/c1-23(2,3)27-22(25)21-20(17-26-16-19-12-8-5-9-13-19)15-24(21)14-18-10-6-4-7-11-18/h4-13,20-21H,14-17H2,1-3H3/t20-,21+/m0/s1. The molecule has 1 aliphatic rings. The number of rotatable bonds is 7. The largest absolute Gasteiger partial charge is 0.459 e. The van der Waals surface area contributed by atoms with Gasteiger partial charge in [-0.05, 0) is 31.9 Å². The van der Waals surface area contributed by atoms with Gasteiger partial charge in [0.2, 0.25) is 0 Å². The van der Waals surface area contributed by atoms with Gasteiger partial charge in [-0.25, -0.2) is 0 Å². The minimum absolute atomic E-state index is 0.155. The van der Waals surface area contributed by atoms with Gasteiger partial charge in [-0.2, -0.15) is 0 Å². The van der Waals surface area contributed by atoms with Gasteiger partial charge in [0.05, 0.1) is 13.2 Å². The molecule has 27 heavy (non-hydrogen) atoms. The second kappa shape index (κ2) is 8.68. The summed E-state index contributed by atoms with van der Waals surface area (Å²) in [7, 11) is 0. The van der Waals surface area contributed by atoms with Crippen LogP contribution in [-0.4, -0.2) is 35.7 Å². The summed E-state index contributed by atoms with van der Waals surface area (Å²) < 4.78 is 11.6. The Kier molecular flexibility index (Phi) is 6.30. The van der Waals surface area contributed by atoms with E-state index in [4.69, 9.17) is 9.47 Å². The van der Waals surface area contributed by atoms with Crippen LogP contribution in [0.2, 0.25) is 0 Å². The molecule has 0 N–H and O–H groups in total. The van der Waals surface area contributed by atoms with Gasteiger partial charge < -0.3 is 9.47 Å². The predicted molar refractivity (Wildman–Crippen MR) is 106 cm³/mol. The SMILES string of the molecule is CC(C)(C)OC(=O)[C@H]1[C@H](COCc2ccccc2)CN1Cc1ccccc1. The van der Waals surface area contributed by atoms with Crippen LogP contribution in [0.25, 0.3) is 0 Å². The molecule has 0 aromatic heterocycles. The van der Waals surface area contributed by atoms with E-state index in [9.17, 15) is 4.79 Å². The highest BCUT2D eigenvalue weighted by atomic mass is 16.6. The van der Waals surface area contributed by atoms with E-state index in [1.165, 1.54) is 5.56 Å². The lowest BCUT2D eigenvalue weighted by molar-refractivity contribution is -0.175. The lowest BCUT2D eigenvalue weighted by Gasteiger charge is -2.47. The molecule has 4 nitrogen and oxygen atoms in total. The third-order valence-corrected chi connectivity index (χ3v) is 4.63. The molecule has 0 amide bonds. The summed E-state index contributed by atoms with van der Waals surface area (Å²) in [6.45, 7) is 8.44. The molecule has 144 valence electrons. The van der Waals surface area contributed by atoms with E-state index in [0.717, 1.165) is 18.7 Å². The summed E-state index contributed by atoms with van der Waals surface area (Å²) in [6.07, 6.45) is 0. The number of carbonyl (C=O) groups is 1. The second-order valence-corrected chi connectivity index (χ2v) is 8.15. The summed E-state index contributed by atoms with van der Waals surface area (Å²) in [4.78, 5) is 14.9. The van der Waals surface area contributed by atoms with E-state index >= 15 is 0 Å². The lowest BCUT2D eigenvalue weighted by atomic mass is 9.88. The predicted octanol–water partition coefficient (Wildman–Crippen LogP) is 4.05. The average molecular weight is 367 g/mol. The Labute approximate surface area is 162 Å². The van der Waals surface area contributed by atoms with Gasteiger partial charge in [-0.3, -0.25) is 9.69 Å². The van der Waals surface area contributed by atoms with Crippen molar-refractivity contribution in [3.8, 4) is 0 Å². The first-order chi connectivity index (χ1) is 12.9. The normalized spacial score (nSPS) is 20.1. The fourth-order valence-corrected chi connectivity index (χ4v) is 3.41. The fraction of sp³-hybridized carbons (Fsp3) is 0.435. The van der Waals surface area contributed by atoms with E-state index in [2.05, 4.69) is 17.0 Å². The highest BCUT2D eigenvalue weighted by Crippen LogP contribution is 2.30. The van der Waals surface area contributed by atoms with E-state index in [0.29, 0.717) is 13.2 Å². The molecule has 1 fully saturated rings. The maximum absolute atomic E-state index is 12.8. The van der Waals surface area contributed by atoms with Gasteiger partial charge in [0.15, 0.2) is 0 Å². The number of carbonyl (C=O) groups excluding carboxylic acids is 1. The summed E-state index contributed by atoms with van der Waals surface area (Å²) in [6, 6.07) is 20.1. The fourth-order valence-electron chi connectivity index (χ4n) is 3.41. The van der Waals surface area contributed by atoms with Crippen LogP contribution in [0, 0.1) is 5.92 Å². The number of nitrogens with zero attached hydrogens (tertiary/aromatic N) is 1. The van der Waals surface area contributed by atoms with Crippen LogP contribution in [0.5, 0.6) is 0 Å². The molecule has 2 aromatic carbocycles. The Hall–Kier alpha value is -2.17. The highest BCUT2D eigenvalue weighted by Gasteiger charge is 2.45. The number of esters is 1. The molecule has 0 unspecified atom stereocenters. The van der Waals surface area contributed by atoms with Crippen molar-refractivity contribution in [1.29, 1.82) is 0 Å². The van der Waals surface area contributed by atoms with Crippen molar-refractivity contribution in [2.24, 2.45) is 5.92 Å². The number of benzene rings is 2. The first-order valence-electron chi connectivity index (χ1n) is 9.55. The van der Waals surface area contributed by atoms with Crippen molar-refractivity contribution >= 4 is 5.97 Å². The smallest absolute Gasteiger partial charge is 0.324 e. The summed E-state index contributed by atoms with van der Waals surface area (Å²) in [5.41, 5.74) is 1.86. The first kappa shape index (κ1) is 19.6. The minimum Gasteiger partial charge on any atom is -0.459 e. The van der Waals surface area contributed by atoms with Gasteiger partial charge in [0.1, 0.15) is 11.6 Å². The van der Waals surface area contributed by atoms with Crippen LogP contribution in [0.1, 0.15) is 31.9 Å². The number of ether oxygens (including phenoxy) is 2. The molecular weight excluding hydrogens is 338 g/mol. The van der Waals surface area contributed by atoms with E-state index in [1.54, 1.807) is 0 Å². The molecule has 1 saturated heterocycles. The molecule has 2 atom stereocenters. The van der Waals surface area contributed by atoms with E-state index in [1.807, 2.05) is 69.3 Å². The Morgan fingerprint density at radius 2 is 1.59 bits per heavy atom. The zero-order chi connectivity index (χ0) is 19.3. The van der Waals surface area contributed by atoms with Crippen molar-refractivity contribution < 1.29 is 14.3 Å². The maximum atomic E-state index is 12.8. The van der Waals surface area contributed by atoms with Crippen molar-refractivity contribution in [2.75, 3.05) is 13.2 Å². The molecular formula is C23H29NO3. The van der Waals surface area contributed by atoms with Crippen molar-refractivity contribution in [2.45, 2.75) is 45.6 Å². The molecule has 1 heterocycles. The summed E-state index contributed by atoms with van der Waals surface area (Å²) in [5, 5.41) is 0. The van der Waals surface area contributed by atoms with Gasteiger partial charge in [0.25, 0.3) is 0 Å².